The van der Waals surface area contributed by atoms with Crippen LogP contribution in [-0.4, -0.2) is 30.7 Å². The number of benzene rings is 1. The van der Waals surface area contributed by atoms with Gasteiger partial charge in [-0.1, -0.05) is 17.7 Å². The van der Waals surface area contributed by atoms with Gasteiger partial charge >= 0.3 is 5.97 Å². The second-order valence-electron chi connectivity index (χ2n) is 3.16. The van der Waals surface area contributed by atoms with Gasteiger partial charge in [0.1, 0.15) is 5.75 Å². The third-order valence-corrected chi connectivity index (χ3v) is 2.95. The Balaban J connectivity index is 2.10. The van der Waals surface area contributed by atoms with Crippen LogP contribution >= 0.6 is 23.4 Å². The van der Waals surface area contributed by atoms with Crippen molar-refractivity contribution in [3.63, 3.8) is 0 Å². The second-order valence-corrected chi connectivity index (χ2v) is 4.71. The minimum Gasteiger partial charge on any atom is -0.493 e. The van der Waals surface area contributed by atoms with Gasteiger partial charge in [-0.15, -0.1) is 11.8 Å². The summed E-state index contributed by atoms with van der Waals surface area (Å²) in [6.45, 7) is 2.77. The smallest absolute Gasteiger partial charge is 0.315 e. The van der Waals surface area contributed by atoms with E-state index in [-0.39, 0.29) is 5.97 Å². The molecule has 0 aromatic heterocycles. The first-order chi connectivity index (χ1) is 8.22. The fourth-order valence-electron chi connectivity index (χ4n) is 1.13. The Kier molecular flexibility index (Phi) is 6.89. The predicted molar refractivity (Wildman–Crippen MR) is 70.9 cm³/mol. The minimum atomic E-state index is -0.180. The molecular weight excluding hydrogens is 260 g/mol. The molecule has 0 aliphatic rings. The van der Waals surface area contributed by atoms with Crippen LogP contribution in [0.15, 0.2) is 24.3 Å². The highest BCUT2D eigenvalue weighted by Gasteiger charge is 2.01. The summed E-state index contributed by atoms with van der Waals surface area (Å²) >= 11 is 7.31. The van der Waals surface area contributed by atoms with Crippen LogP contribution in [0.25, 0.3) is 0 Å². The molecule has 0 spiro atoms. The highest BCUT2D eigenvalue weighted by molar-refractivity contribution is 7.99. The molecule has 0 aliphatic carbocycles. The molecule has 0 saturated carbocycles. The number of carbonyl (C=O) groups excluding carboxylic acids is 1. The maximum atomic E-state index is 11.0. The molecule has 17 heavy (non-hydrogen) atoms. The monoisotopic (exact) mass is 274 g/mol. The summed E-state index contributed by atoms with van der Waals surface area (Å²) in [6, 6.07) is 7.24. The summed E-state index contributed by atoms with van der Waals surface area (Å²) in [5.41, 5.74) is 0. The second kappa shape index (κ2) is 8.25. The molecule has 0 amide bonds. The zero-order valence-electron chi connectivity index (χ0n) is 9.65. The van der Waals surface area contributed by atoms with E-state index in [1.54, 1.807) is 19.1 Å². The third-order valence-electron chi connectivity index (χ3n) is 1.82. The van der Waals surface area contributed by atoms with Crippen LogP contribution in [0, 0.1) is 0 Å². The zero-order chi connectivity index (χ0) is 12.5. The van der Waals surface area contributed by atoms with Crippen LogP contribution in [0.5, 0.6) is 5.75 Å². The van der Waals surface area contributed by atoms with Gasteiger partial charge in [-0.2, -0.15) is 0 Å². The van der Waals surface area contributed by atoms with Crippen LogP contribution < -0.4 is 4.74 Å². The molecule has 1 rings (SSSR count). The Labute approximate surface area is 110 Å². The van der Waals surface area contributed by atoms with Crippen LogP contribution in [0.1, 0.15) is 6.92 Å². The van der Waals surface area contributed by atoms with Crippen molar-refractivity contribution in [3.8, 4) is 5.75 Å². The van der Waals surface area contributed by atoms with Crippen molar-refractivity contribution in [1.82, 2.24) is 0 Å². The van der Waals surface area contributed by atoms with Crippen molar-refractivity contribution in [2.75, 3.05) is 24.7 Å². The van der Waals surface area contributed by atoms with Gasteiger partial charge in [0.2, 0.25) is 0 Å². The lowest BCUT2D eigenvalue weighted by Gasteiger charge is -2.06. The van der Waals surface area contributed by atoms with E-state index in [2.05, 4.69) is 0 Å². The highest BCUT2D eigenvalue weighted by Crippen LogP contribution is 2.17. The molecule has 0 unspecified atom stereocenters. The summed E-state index contributed by atoms with van der Waals surface area (Å²) in [5.74, 6) is 1.67. The molecular formula is C12H15ClO3S. The summed E-state index contributed by atoms with van der Waals surface area (Å²) < 4.78 is 10.3. The number of esters is 1. The van der Waals surface area contributed by atoms with Gasteiger partial charge in [0.05, 0.1) is 19.0 Å². The van der Waals surface area contributed by atoms with Gasteiger partial charge in [-0.3, -0.25) is 4.79 Å². The normalized spacial score (nSPS) is 10.0. The molecule has 0 fully saturated rings. The van der Waals surface area contributed by atoms with Crippen molar-refractivity contribution >= 4 is 29.3 Å². The van der Waals surface area contributed by atoms with Gasteiger partial charge in [0.15, 0.2) is 0 Å². The summed E-state index contributed by atoms with van der Waals surface area (Å²) in [5, 5.41) is 0.654. The Hall–Kier alpha value is -0.870. The van der Waals surface area contributed by atoms with Gasteiger partial charge in [0.25, 0.3) is 0 Å². The number of rotatable bonds is 7. The van der Waals surface area contributed by atoms with E-state index >= 15 is 0 Å². The van der Waals surface area contributed by atoms with Crippen molar-refractivity contribution in [3.05, 3.63) is 29.3 Å². The number of ether oxygens (including phenoxy) is 2. The summed E-state index contributed by atoms with van der Waals surface area (Å²) in [4.78, 5) is 11.0. The molecule has 0 saturated heterocycles. The first-order valence-corrected chi connectivity index (χ1v) is 6.87. The maximum Gasteiger partial charge on any atom is 0.315 e. The average Bonchev–Trinajstić information content (AvgIpc) is 2.29. The number of carbonyl (C=O) groups is 1. The van der Waals surface area contributed by atoms with E-state index in [0.29, 0.717) is 24.0 Å². The molecule has 1 aromatic rings. The third kappa shape index (κ3) is 6.44. The van der Waals surface area contributed by atoms with E-state index < -0.39 is 0 Å². The minimum absolute atomic E-state index is 0.180. The number of hydrogen-bond acceptors (Lipinski definition) is 4. The predicted octanol–water partition coefficient (Wildman–Crippen LogP) is 3.02. The van der Waals surface area contributed by atoms with Crippen molar-refractivity contribution in [2.24, 2.45) is 0 Å². The molecule has 3 nitrogen and oxygen atoms in total. The van der Waals surface area contributed by atoms with Gasteiger partial charge < -0.3 is 9.47 Å². The molecule has 0 heterocycles. The lowest BCUT2D eigenvalue weighted by atomic mass is 10.3. The van der Waals surface area contributed by atoms with Crippen molar-refractivity contribution < 1.29 is 14.3 Å². The molecule has 1 aromatic carbocycles. The first-order valence-electron chi connectivity index (χ1n) is 5.34. The topological polar surface area (TPSA) is 35.5 Å². The zero-order valence-corrected chi connectivity index (χ0v) is 11.2. The quantitative estimate of drug-likeness (QED) is 0.566. The molecule has 0 N–H and O–H groups in total. The van der Waals surface area contributed by atoms with Crippen LogP contribution in [0.3, 0.4) is 0 Å². The Morgan fingerprint density at radius 2 is 2.29 bits per heavy atom. The van der Waals surface area contributed by atoms with Gasteiger partial charge in [0, 0.05) is 10.8 Å². The standard InChI is InChI=1S/C12H15ClO3S/c1-2-15-12(14)9-17-7-6-16-11-5-3-4-10(13)8-11/h3-5,8H,2,6-7,9H2,1H3. The summed E-state index contributed by atoms with van der Waals surface area (Å²) in [7, 11) is 0. The fraction of sp³-hybridized carbons (Fsp3) is 0.417. The average molecular weight is 275 g/mol. The van der Waals surface area contributed by atoms with Gasteiger partial charge in [-0.25, -0.2) is 0 Å². The highest BCUT2D eigenvalue weighted by atomic mass is 35.5. The lowest BCUT2D eigenvalue weighted by Crippen LogP contribution is -2.09. The molecule has 0 aliphatic heterocycles. The maximum absolute atomic E-state index is 11.0. The molecule has 94 valence electrons. The van der Waals surface area contributed by atoms with E-state index in [0.717, 1.165) is 11.5 Å². The summed E-state index contributed by atoms with van der Waals surface area (Å²) in [6.07, 6.45) is 0. The molecule has 0 radical (unpaired) electrons. The molecule has 5 heteroatoms. The van der Waals surface area contributed by atoms with Crippen LogP contribution in [0.2, 0.25) is 5.02 Å². The van der Waals surface area contributed by atoms with Gasteiger partial charge in [-0.05, 0) is 25.1 Å². The first kappa shape index (κ1) is 14.2. The Morgan fingerprint density at radius 1 is 1.47 bits per heavy atom. The van der Waals surface area contributed by atoms with E-state index in [1.165, 1.54) is 11.8 Å². The van der Waals surface area contributed by atoms with E-state index in [1.807, 2.05) is 12.1 Å². The Morgan fingerprint density at radius 3 is 3.00 bits per heavy atom. The number of hydrogen-bond donors (Lipinski definition) is 0. The Bertz CT molecular complexity index is 357. The van der Waals surface area contributed by atoms with Crippen LogP contribution in [0.4, 0.5) is 0 Å². The van der Waals surface area contributed by atoms with Crippen molar-refractivity contribution in [2.45, 2.75) is 6.92 Å². The van der Waals surface area contributed by atoms with Crippen molar-refractivity contribution in [1.29, 1.82) is 0 Å². The largest absolute Gasteiger partial charge is 0.493 e. The van der Waals surface area contributed by atoms with E-state index in [9.17, 15) is 4.79 Å². The SMILES string of the molecule is CCOC(=O)CSCCOc1cccc(Cl)c1. The number of halogens is 1. The fourth-order valence-corrected chi connectivity index (χ4v) is 1.91. The lowest BCUT2D eigenvalue weighted by molar-refractivity contribution is -0.139. The molecule has 0 atom stereocenters. The molecule has 0 bridgehead atoms. The number of thioether (sulfide) groups is 1. The van der Waals surface area contributed by atoms with E-state index in [4.69, 9.17) is 21.1 Å². The van der Waals surface area contributed by atoms with Crippen LogP contribution in [-0.2, 0) is 9.53 Å².